The van der Waals surface area contributed by atoms with E-state index in [1.807, 2.05) is 43.3 Å². The lowest BCUT2D eigenvalue weighted by atomic mass is 10.0. The van der Waals surface area contributed by atoms with Crippen molar-refractivity contribution >= 4 is 34.4 Å². The third kappa shape index (κ3) is 3.19. The summed E-state index contributed by atoms with van der Waals surface area (Å²) in [7, 11) is 0. The first-order valence-electron chi connectivity index (χ1n) is 7.37. The molecule has 0 spiro atoms. The number of fused-ring (bicyclic) bond motifs is 1. The quantitative estimate of drug-likeness (QED) is 0.294. The number of aromatic nitrogens is 1. The molecule has 0 saturated heterocycles. The van der Waals surface area contributed by atoms with E-state index in [9.17, 15) is 10.1 Å². The molecular formula is C20H13ClN2O. The third-order valence-electron chi connectivity index (χ3n) is 3.65. The first-order valence-corrected chi connectivity index (χ1v) is 7.75. The molecule has 0 unspecified atom stereocenters. The van der Waals surface area contributed by atoms with Crippen molar-refractivity contribution in [3.8, 4) is 6.07 Å². The highest BCUT2D eigenvalue weighted by molar-refractivity contribution is 6.31. The molecule has 2 aromatic carbocycles. The van der Waals surface area contributed by atoms with Crippen molar-refractivity contribution in [3.63, 3.8) is 0 Å². The monoisotopic (exact) mass is 332 g/mol. The minimum atomic E-state index is -0.335. The zero-order chi connectivity index (χ0) is 17.1. The number of pyridine rings is 1. The molecule has 0 N–H and O–H groups in total. The number of hydrogen-bond acceptors (Lipinski definition) is 3. The Labute approximate surface area is 144 Å². The number of hydrogen-bond donors (Lipinski definition) is 0. The zero-order valence-electron chi connectivity index (χ0n) is 13.0. The Morgan fingerprint density at radius 2 is 1.92 bits per heavy atom. The molecule has 116 valence electrons. The van der Waals surface area contributed by atoms with Crippen LogP contribution in [0.1, 0.15) is 21.5 Å². The molecule has 0 aliphatic carbocycles. The molecule has 1 heterocycles. The molecule has 24 heavy (non-hydrogen) atoms. The molecule has 0 atom stereocenters. The normalized spacial score (nSPS) is 11.3. The summed E-state index contributed by atoms with van der Waals surface area (Å²) in [5, 5.41) is 10.5. The number of allylic oxidation sites excluding steroid dienone is 1. The van der Waals surface area contributed by atoms with Gasteiger partial charge in [0.05, 0.1) is 5.52 Å². The molecule has 0 radical (unpaired) electrons. The van der Waals surface area contributed by atoms with Gasteiger partial charge in [-0.1, -0.05) is 54.1 Å². The van der Waals surface area contributed by atoms with Gasteiger partial charge in [-0.3, -0.25) is 4.79 Å². The van der Waals surface area contributed by atoms with Crippen LogP contribution >= 0.6 is 11.6 Å². The molecule has 1 aromatic heterocycles. The Morgan fingerprint density at radius 1 is 1.17 bits per heavy atom. The average Bonchev–Trinajstić information content (AvgIpc) is 2.60. The van der Waals surface area contributed by atoms with Crippen LogP contribution in [0.15, 0.2) is 60.2 Å². The second kappa shape index (κ2) is 6.66. The lowest BCUT2D eigenvalue weighted by Crippen LogP contribution is -2.01. The number of aryl methyl sites for hydroxylation is 1. The zero-order valence-corrected chi connectivity index (χ0v) is 13.7. The third-order valence-corrected chi connectivity index (χ3v) is 3.96. The first-order chi connectivity index (χ1) is 11.6. The molecule has 3 aromatic rings. The largest absolute Gasteiger partial charge is 0.288 e. The highest BCUT2D eigenvalue weighted by atomic mass is 35.5. The summed E-state index contributed by atoms with van der Waals surface area (Å²) in [5.41, 5.74) is 2.91. The van der Waals surface area contributed by atoms with Gasteiger partial charge in [0.1, 0.15) is 16.8 Å². The van der Waals surface area contributed by atoms with Crippen LogP contribution in [-0.4, -0.2) is 10.8 Å². The van der Waals surface area contributed by atoms with Gasteiger partial charge in [0, 0.05) is 16.5 Å². The highest BCUT2D eigenvalue weighted by Gasteiger charge is 2.13. The topological polar surface area (TPSA) is 53.8 Å². The SMILES string of the molecule is Cc1ccc2cc(/C=C(\C#N)C(=O)c3ccccc3)c(Cl)nc2c1. The van der Waals surface area contributed by atoms with Crippen molar-refractivity contribution < 1.29 is 4.79 Å². The lowest BCUT2D eigenvalue weighted by Gasteiger charge is -2.04. The Kier molecular flexibility index (Phi) is 4.41. The Hall–Kier alpha value is -2.96. The molecule has 0 saturated carbocycles. The van der Waals surface area contributed by atoms with E-state index in [4.69, 9.17) is 11.6 Å². The van der Waals surface area contributed by atoms with Gasteiger partial charge >= 0.3 is 0 Å². The van der Waals surface area contributed by atoms with Gasteiger partial charge in [-0.25, -0.2) is 4.98 Å². The van der Waals surface area contributed by atoms with Crippen LogP contribution < -0.4 is 0 Å². The standard InChI is InChI=1S/C20H13ClN2O/c1-13-7-8-15-10-16(20(21)23-18(15)9-13)11-17(12-22)19(24)14-5-3-2-4-6-14/h2-11H,1H3/b17-11+. The summed E-state index contributed by atoms with van der Waals surface area (Å²) in [6.45, 7) is 1.98. The maximum absolute atomic E-state index is 12.4. The minimum Gasteiger partial charge on any atom is -0.288 e. The maximum atomic E-state index is 12.4. The predicted octanol–water partition coefficient (Wildman–Crippen LogP) is 4.99. The number of Topliss-reactive ketones (excluding diaryl/α,β-unsaturated/α-hetero) is 1. The summed E-state index contributed by atoms with van der Waals surface area (Å²) in [6.07, 6.45) is 1.49. The molecule has 0 bridgehead atoms. The van der Waals surface area contributed by atoms with Crippen LogP contribution in [0.25, 0.3) is 17.0 Å². The summed E-state index contributed by atoms with van der Waals surface area (Å²) in [5.74, 6) is -0.335. The lowest BCUT2D eigenvalue weighted by molar-refractivity contribution is 0.104. The second-order valence-corrected chi connectivity index (χ2v) is 5.79. The van der Waals surface area contributed by atoms with E-state index in [0.717, 1.165) is 16.5 Å². The van der Waals surface area contributed by atoms with Crippen LogP contribution in [0.2, 0.25) is 5.15 Å². The summed E-state index contributed by atoms with van der Waals surface area (Å²) < 4.78 is 0. The Morgan fingerprint density at radius 3 is 2.62 bits per heavy atom. The van der Waals surface area contributed by atoms with Gasteiger partial charge in [0.2, 0.25) is 5.78 Å². The number of rotatable bonds is 3. The molecule has 3 rings (SSSR count). The van der Waals surface area contributed by atoms with E-state index in [2.05, 4.69) is 4.98 Å². The first kappa shape index (κ1) is 15.9. The van der Waals surface area contributed by atoms with Crippen molar-refractivity contribution in [1.82, 2.24) is 4.98 Å². The van der Waals surface area contributed by atoms with Crippen LogP contribution in [0.4, 0.5) is 0 Å². The van der Waals surface area contributed by atoms with Crippen LogP contribution in [0.5, 0.6) is 0 Å². The van der Waals surface area contributed by atoms with E-state index in [-0.39, 0.29) is 16.5 Å². The number of carbonyl (C=O) groups excluding carboxylic acids is 1. The van der Waals surface area contributed by atoms with Crippen LogP contribution in [-0.2, 0) is 0 Å². The number of benzene rings is 2. The number of ketones is 1. The number of nitrogens with zero attached hydrogens (tertiary/aromatic N) is 2. The highest BCUT2D eigenvalue weighted by Crippen LogP contribution is 2.24. The smallest absolute Gasteiger partial charge is 0.203 e. The summed E-state index contributed by atoms with van der Waals surface area (Å²) in [6, 6.07) is 18.3. The van der Waals surface area contributed by atoms with E-state index in [0.29, 0.717) is 11.1 Å². The molecule has 0 amide bonds. The van der Waals surface area contributed by atoms with Gasteiger partial charge in [0.15, 0.2) is 0 Å². The van der Waals surface area contributed by atoms with E-state index < -0.39 is 0 Å². The maximum Gasteiger partial charge on any atom is 0.203 e. The van der Waals surface area contributed by atoms with Crippen molar-refractivity contribution in [2.75, 3.05) is 0 Å². The fourth-order valence-corrected chi connectivity index (χ4v) is 2.62. The average molecular weight is 333 g/mol. The fraction of sp³-hybridized carbons (Fsp3) is 0.0500. The summed E-state index contributed by atoms with van der Waals surface area (Å²) in [4.78, 5) is 16.8. The molecule has 0 fully saturated rings. The van der Waals surface area contributed by atoms with Gasteiger partial charge in [-0.2, -0.15) is 5.26 Å². The Bertz CT molecular complexity index is 1000. The number of carbonyl (C=O) groups is 1. The van der Waals surface area contributed by atoms with Crippen molar-refractivity contribution in [2.24, 2.45) is 0 Å². The predicted molar refractivity (Wildman–Crippen MR) is 95.9 cm³/mol. The number of nitriles is 1. The summed E-state index contributed by atoms with van der Waals surface area (Å²) >= 11 is 6.23. The molecule has 3 nitrogen and oxygen atoms in total. The van der Waals surface area contributed by atoms with Gasteiger partial charge < -0.3 is 0 Å². The van der Waals surface area contributed by atoms with Crippen molar-refractivity contribution in [2.45, 2.75) is 6.92 Å². The van der Waals surface area contributed by atoms with Crippen molar-refractivity contribution in [1.29, 1.82) is 5.26 Å². The second-order valence-electron chi connectivity index (χ2n) is 5.43. The molecule has 0 aliphatic heterocycles. The number of halogens is 1. The van der Waals surface area contributed by atoms with Crippen LogP contribution in [0, 0.1) is 18.3 Å². The van der Waals surface area contributed by atoms with E-state index in [1.165, 1.54) is 6.08 Å². The Balaban J connectivity index is 2.07. The fourth-order valence-electron chi connectivity index (χ4n) is 2.42. The van der Waals surface area contributed by atoms with Crippen molar-refractivity contribution in [3.05, 3.63) is 82.0 Å². The van der Waals surface area contributed by atoms with Gasteiger partial charge in [-0.05, 0) is 30.7 Å². The van der Waals surface area contributed by atoms with Crippen LogP contribution in [0.3, 0.4) is 0 Å². The molecule has 0 aliphatic rings. The molecule has 4 heteroatoms. The van der Waals surface area contributed by atoms with Gasteiger partial charge in [0.25, 0.3) is 0 Å². The van der Waals surface area contributed by atoms with Gasteiger partial charge in [-0.15, -0.1) is 0 Å². The van der Waals surface area contributed by atoms with E-state index in [1.54, 1.807) is 24.3 Å². The minimum absolute atomic E-state index is 0.0244. The molecular weight excluding hydrogens is 320 g/mol. The van der Waals surface area contributed by atoms with E-state index >= 15 is 0 Å².